The van der Waals surface area contributed by atoms with Crippen molar-refractivity contribution in [1.29, 1.82) is 0 Å². The van der Waals surface area contributed by atoms with Gasteiger partial charge < -0.3 is 10.6 Å². The molecule has 3 nitrogen and oxygen atoms in total. The van der Waals surface area contributed by atoms with Crippen LogP contribution in [0, 0.1) is 0 Å². The number of anilines is 1. The highest BCUT2D eigenvalue weighted by atomic mass is 19.4. The maximum atomic E-state index is 12.9. The zero-order valence-electron chi connectivity index (χ0n) is 9.77. The number of nitrogens with one attached hydrogen (secondary N) is 2. The van der Waals surface area contributed by atoms with E-state index in [2.05, 4.69) is 10.6 Å². The van der Waals surface area contributed by atoms with Gasteiger partial charge in [-0.3, -0.25) is 4.79 Å². The number of hydrogen-bond donors (Lipinski definition) is 2. The molecule has 1 heterocycles. The second kappa shape index (κ2) is 4.61. The van der Waals surface area contributed by atoms with Gasteiger partial charge in [0.15, 0.2) is 0 Å². The van der Waals surface area contributed by atoms with Crippen molar-refractivity contribution in [1.82, 2.24) is 5.32 Å². The first-order valence-corrected chi connectivity index (χ1v) is 5.64. The molecular weight excluding hydrogens is 245 g/mol. The highest BCUT2D eigenvalue weighted by Gasteiger charge is 2.40. The number of rotatable bonds is 3. The van der Waals surface area contributed by atoms with Crippen molar-refractivity contribution in [2.75, 3.05) is 11.9 Å². The predicted molar refractivity (Wildman–Crippen MR) is 61.2 cm³/mol. The number of hydrogen-bond acceptors (Lipinski definition) is 2. The van der Waals surface area contributed by atoms with E-state index >= 15 is 0 Å². The van der Waals surface area contributed by atoms with Crippen LogP contribution in [-0.4, -0.2) is 18.6 Å². The number of carbonyl (C=O) groups excluding carboxylic acids is 1. The van der Waals surface area contributed by atoms with Crippen LogP contribution in [0.3, 0.4) is 0 Å². The van der Waals surface area contributed by atoms with Crippen LogP contribution in [0.2, 0.25) is 0 Å². The lowest BCUT2D eigenvalue weighted by Gasteiger charge is -2.21. The molecule has 0 fully saturated rings. The maximum Gasteiger partial charge on any atom is 0.407 e. The first kappa shape index (κ1) is 12.9. The van der Waals surface area contributed by atoms with E-state index in [-0.39, 0.29) is 24.4 Å². The molecule has 1 unspecified atom stereocenters. The van der Waals surface area contributed by atoms with Gasteiger partial charge in [-0.25, -0.2) is 0 Å². The summed E-state index contributed by atoms with van der Waals surface area (Å²) in [5.41, 5.74) is 1.35. The Balaban J connectivity index is 2.33. The molecule has 0 aromatic heterocycles. The van der Waals surface area contributed by atoms with Crippen LogP contribution in [0.1, 0.15) is 24.1 Å². The molecule has 0 saturated heterocycles. The minimum Gasteiger partial charge on any atom is -0.326 e. The van der Waals surface area contributed by atoms with Crippen molar-refractivity contribution in [2.24, 2.45) is 0 Å². The van der Waals surface area contributed by atoms with E-state index in [4.69, 9.17) is 0 Å². The number of halogens is 3. The standard InChI is InChI=1S/C12H13F3N2O/c1-2-16-11(12(13,14)15)7-3-4-9-8(5-7)6-10(18)17-9/h3-5,11,16H,2,6H2,1H3,(H,17,18). The van der Waals surface area contributed by atoms with Gasteiger partial charge >= 0.3 is 6.18 Å². The van der Waals surface area contributed by atoms with Gasteiger partial charge in [0.05, 0.1) is 6.42 Å². The third-order valence-corrected chi connectivity index (χ3v) is 2.82. The average molecular weight is 258 g/mol. The van der Waals surface area contributed by atoms with Crippen LogP contribution in [0.25, 0.3) is 0 Å². The Hall–Kier alpha value is -1.56. The van der Waals surface area contributed by atoms with E-state index in [1.807, 2.05) is 0 Å². The zero-order chi connectivity index (χ0) is 13.3. The average Bonchev–Trinajstić information content (AvgIpc) is 2.63. The van der Waals surface area contributed by atoms with E-state index in [1.54, 1.807) is 6.92 Å². The first-order chi connectivity index (χ1) is 8.41. The molecule has 1 aromatic rings. The molecule has 1 aliphatic rings. The molecule has 0 spiro atoms. The van der Waals surface area contributed by atoms with Crippen molar-refractivity contribution in [3.63, 3.8) is 0 Å². The van der Waals surface area contributed by atoms with Gasteiger partial charge in [-0.15, -0.1) is 0 Å². The minimum atomic E-state index is -4.35. The molecule has 0 saturated carbocycles. The summed E-state index contributed by atoms with van der Waals surface area (Å²) in [7, 11) is 0. The third-order valence-electron chi connectivity index (χ3n) is 2.82. The maximum absolute atomic E-state index is 12.9. The molecule has 2 rings (SSSR count). The van der Waals surface area contributed by atoms with Crippen molar-refractivity contribution in [2.45, 2.75) is 25.6 Å². The molecule has 0 aliphatic carbocycles. The molecule has 1 atom stereocenters. The van der Waals surface area contributed by atoms with Crippen molar-refractivity contribution >= 4 is 11.6 Å². The van der Waals surface area contributed by atoms with Crippen LogP contribution in [0.4, 0.5) is 18.9 Å². The van der Waals surface area contributed by atoms with E-state index < -0.39 is 12.2 Å². The lowest BCUT2D eigenvalue weighted by atomic mass is 10.0. The summed E-state index contributed by atoms with van der Waals surface area (Å²) in [6, 6.07) is 2.66. The largest absolute Gasteiger partial charge is 0.407 e. The number of carbonyl (C=O) groups is 1. The fourth-order valence-electron chi connectivity index (χ4n) is 2.06. The van der Waals surface area contributed by atoms with Gasteiger partial charge in [-0.1, -0.05) is 19.1 Å². The van der Waals surface area contributed by atoms with E-state index in [0.29, 0.717) is 11.3 Å². The fraction of sp³-hybridized carbons (Fsp3) is 0.417. The number of alkyl halides is 3. The second-order valence-electron chi connectivity index (χ2n) is 4.17. The monoisotopic (exact) mass is 258 g/mol. The minimum absolute atomic E-state index is 0.139. The molecule has 6 heteroatoms. The Labute approximate surface area is 102 Å². The number of benzene rings is 1. The van der Waals surface area contributed by atoms with Crippen molar-refractivity contribution in [3.8, 4) is 0 Å². The summed E-state index contributed by atoms with van der Waals surface area (Å²) >= 11 is 0. The van der Waals surface area contributed by atoms with Gasteiger partial charge in [0.1, 0.15) is 6.04 Å². The summed E-state index contributed by atoms with van der Waals surface area (Å²) in [6.45, 7) is 1.84. The fourth-order valence-corrected chi connectivity index (χ4v) is 2.06. The summed E-state index contributed by atoms with van der Waals surface area (Å²) < 4.78 is 38.6. The summed E-state index contributed by atoms with van der Waals surface area (Å²) in [6.07, 6.45) is -4.21. The molecule has 98 valence electrons. The Morgan fingerprint density at radius 1 is 1.44 bits per heavy atom. The SMILES string of the molecule is CCNC(c1ccc2c(c1)CC(=O)N2)C(F)(F)F. The first-order valence-electron chi connectivity index (χ1n) is 5.64. The topological polar surface area (TPSA) is 41.1 Å². The van der Waals surface area contributed by atoms with Gasteiger partial charge in [0.2, 0.25) is 5.91 Å². The van der Waals surface area contributed by atoms with E-state index in [1.165, 1.54) is 18.2 Å². The summed E-state index contributed by atoms with van der Waals surface area (Å²) in [5, 5.41) is 5.00. The Kier molecular flexibility index (Phi) is 3.30. The zero-order valence-corrected chi connectivity index (χ0v) is 9.77. The number of amides is 1. The second-order valence-corrected chi connectivity index (χ2v) is 4.17. The predicted octanol–water partition coefficient (Wildman–Crippen LogP) is 2.39. The molecule has 1 amide bonds. The highest BCUT2D eigenvalue weighted by molar-refractivity contribution is 5.99. The van der Waals surface area contributed by atoms with Crippen molar-refractivity contribution < 1.29 is 18.0 Å². The molecule has 1 aliphatic heterocycles. The van der Waals surface area contributed by atoms with Gasteiger partial charge in [-0.2, -0.15) is 13.2 Å². The van der Waals surface area contributed by atoms with Crippen LogP contribution in [-0.2, 0) is 11.2 Å². The van der Waals surface area contributed by atoms with Crippen LogP contribution in [0.5, 0.6) is 0 Å². The number of fused-ring (bicyclic) bond motifs is 1. The van der Waals surface area contributed by atoms with Gasteiger partial charge in [-0.05, 0) is 23.7 Å². The van der Waals surface area contributed by atoms with Gasteiger partial charge in [0.25, 0.3) is 0 Å². The quantitative estimate of drug-likeness (QED) is 0.874. The van der Waals surface area contributed by atoms with Crippen LogP contribution >= 0.6 is 0 Å². The molecule has 1 aromatic carbocycles. The van der Waals surface area contributed by atoms with E-state index in [9.17, 15) is 18.0 Å². The molecule has 18 heavy (non-hydrogen) atoms. The summed E-state index contributed by atoms with van der Waals surface area (Å²) in [4.78, 5) is 11.2. The Bertz CT molecular complexity index is 471. The van der Waals surface area contributed by atoms with Crippen LogP contribution < -0.4 is 10.6 Å². The molecule has 0 bridgehead atoms. The Morgan fingerprint density at radius 3 is 2.78 bits per heavy atom. The van der Waals surface area contributed by atoms with Crippen LogP contribution in [0.15, 0.2) is 18.2 Å². The molecular formula is C12H13F3N2O. The Morgan fingerprint density at radius 2 is 2.17 bits per heavy atom. The lowest BCUT2D eigenvalue weighted by Crippen LogP contribution is -2.34. The van der Waals surface area contributed by atoms with Crippen molar-refractivity contribution in [3.05, 3.63) is 29.3 Å². The highest BCUT2D eigenvalue weighted by Crippen LogP contribution is 2.35. The lowest BCUT2D eigenvalue weighted by molar-refractivity contribution is -0.157. The normalized spacial score (nSPS) is 16.3. The van der Waals surface area contributed by atoms with E-state index in [0.717, 1.165) is 0 Å². The third kappa shape index (κ3) is 2.48. The van der Waals surface area contributed by atoms with Gasteiger partial charge in [0, 0.05) is 5.69 Å². The molecule has 0 radical (unpaired) electrons. The summed E-state index contributed by atoms with van der Waals surface area (Å²) in [5.74, 6) is -0.186. The smallest absolute Gasteiger partial charge is 0.326 e. The molecule has 2 N–H and O–H groups in total.